The van der Waals surface area contributed by atoms with Crippen molar-refractivity contribution >= 4 is 60.2 Å². The number of aldehydes is 1. The van der Waals surface area contributed by atoms with E-state index in [1.807, 2.05) is 13.8 Å². The van der Waals surface area contributed by atoms with E-state index < -0.39 is 41.1 Å². The highest BCUT2D eigenvalue weighted by Crippen LogP contribution is 2.34. The summed E-state index contributed by atoms with van der Waals surface area (Å²) in [7, 11) is 3.09. The molecule has 0 bridgehead atoms. The monoisotopic (exact) mass is 972 g/mol. The average molecular weight is 975 g/mol. The number of hydrogen-bond acceptors (Lipinski definition) is 10. The number of nitrogens with zero attached hydrogens (tertiary/aromatic N) is 8. The number of halogens is 8. The molecule has 1 atom stereocenters. The summed E-state index contributed by atoms with van der Waals surface area (Å²) in [6.07, 6.45) is -2.28. The Bertz CT molecular complexity index is 2730. The number of unbranched alkanes of at least 4 members (excludes halogenated alkanes) is 2. The Balaban J connectivity index is 0.000000223. The van der Waals surface area contributed by atoms with E-state index in [0.29, 0.717) is 30.3 Å². The average Bonchev–Trinajstić information content (AvgIpc) is 3.21. The number of hydrogen-bond donors (Lipinski definition) is 1. The zero-order valence-corrected chi connectivity index (χ0v) is 35.4. The highest BCUT2D eigenvalue weighted by molar-refractivity contribution is 9.10. The molecule has 0 aliphatic rings. The van der Waals surface area contributed by atoms with Crippen LogP contribution in [-0.2, 0) is 39.5 Å². The minimum atomic E-state index is -4.61. The fourth-order valence-corrected chi connectivity index (χ4v) is 6.50. The second-order valence-corrected chi connectivity index (χ2v) is 14.8. The lowest BCUT2D eigenvalue weighted by Crippen LogP contribution is -2.40. The molecule has 1 unspecified atom stereocenters. The molecular weight excluding hydrogens is 938 g/mol. The Hall–Kier alpha value is -5.35. The van der Waals surface area contributed by atoms with Crippen molar-refractivity contribution < 1.29 is 36.2 Å². The van der Waals surface area contributed by atoms with Crippen LogP contribution in [0.25, 0.3) is 22.1 Å². The second-order valence-electron chi connectivity index (χ2n) is 13.0. The van der Waals surface area contributed by atoms with E-state index in [1.54, 1.807) is 19.3 Å². The summed E-state index contributed by atoms with van der Waals surface area (Å²) in [5.74, 6) is 0. The Morgan fingerprint density at radius 2 is 1.23 bits per heavy atom. The molecular formula is C38H36Br2F6N8O6. The van der Waals surface area contributed by atoms with Gasteiger partial charge in [0, 0.05) is 77.6 Å². The molecule has 1 N–H and O–H groups in total. The van der Waals surface area contributed by atoms with Crippen molar-refractivity contribution in [1.82, 2.24) is 38.2 Å². The maximum atomic E-state index is 13.1. The molecule has 0 saturated carbocycles. The van der Waals surface area contributed by atoms with Gasteiger partial charge < -0.3 is 5.11 Å². The van der Waals surface area contributed by atoms with Gasteiger partial charge in [0.15, 0.2) is 6.29 Å². The predicted molar refractivity (Wildman–Crippen MR) is 216 cm³/mol. The fourth-order valence-electron chi connectivity index (χ4n) is 5.65. The van der Waals surface area contributed by atoms with Crippen LogP contribution in [0.1, 0.15) is 78.5 Å². The first kappa shape index (κ1) is 47.3. The number of aliphatic hydroxyl groups is 1. The standard InChI is InChI=1S/C19H18BrF3N4O3.C12H14BrN3O2.C7H4F3NO/c1-3-4-7-27-17(29)14-13(11(20)9-25-16(14)26(2)18(27)30)15(28)10-5-6-12(24-8-10)19(21,22)23;1-3-4-5-16-11(17)9-6-8(13)7-14-10(9)15(2)12(16)18;8-7(9,10)6-2-1-5(4-12)3-11-6/h5-6,8-9,15,28H,3-4,7H2,1-2H3;6-7H,3-5H2,1-2H3;1-4H. The van der Waals surface area contributed by atoms with E-state index in [9.17, 15) is 55.4 Å². The van der Waals surface area contributed by atoms with Crippen LogP contribution in [0.15, 0.2) is 83.2 Å². The lowest BCUT2D eigenvalue weighted by Gasteiger charge is -2.18. The lowest BCUT2D eigenvalue weighted by molar-refractivity contribution is -0.142. The second kappa shape index (κ2) is 19.8. The molecule has 22 heteroatoms. The van der Waals surface area contributed by atoms with Crippen LogP contribution in [-0.4, -0.2) is 49.6 Å². The summed E-state index contributed by atoms with van der Waals surface area (Å²) >= 11 is 6.55. The minimum absolute atomic E-state index is 0.00924. The zero-order chi connectivity index (χ0) is 44.7. The molecule has 0 aliphatic heterocycles. The summed E-state index contributed by atoms with van der Waals surface area (Å²) in [5, 5.41) is 11.4. The van der Waals surface area contributed by atoms with Gasteiger partial charge in [-0.25, -0.2) is 19.6 Å². The van der Waals surface area contributed by atoms with Crippen LogP contribution < -0.4 is 22.5 Å². The quantitative estimate of drug-likeness (QED) is 0.121. The molecule has 0 spiro atoms. The zero-order valence-electron chi connectivity index (χ0n) is 32.2. The topological polar surface area (TPSA) is 177 Å². The Labute approximate surface area is 352 Å². The van der Waals surface area contributed by atoms with Crippen molar-refractivity contribution in [1.29, 1.82) is 0 Å². The predicted octanol–water partition coefficient (Wildman–Crippen LogP) is 6.72. The molecule has 14 nitrogen and oxygen atoms in total. The smallest absolute Gasteiger partial charge is 0.384 e. The number of alkyl halides is 6. The number of aryl methyl sites for hydroxylation is 2. The molecule has 6 heterocycles. The highest BCUT2D eigenvalue weighted by atomic mass is 79.9. The fraction of sp³-hybridized carbons (Fsp3) is 0.342. The largest absolute Gasteiger partial charge is 0.433 e. The Morgan fingerprint density at radius 3 is 1.72 bits per heavy atom. The first-order chi connectivity index (χ1) is 28.2. The van der Waals surface area contributed by atoms with Crippen molar-refractivity contribution in [2.45, 2.75) is 71.1 Å². The molecule has 6 rings (SSSR count). The molecule has 6 aromatic heterocycles. The van der Waals surface area contributed by atoms with Crippen LogP contribution in [0.2, 0.25) is 0 Å². The van der Waals surface area contributed by atoms with E-state index in [-0.39, 0.29) is 50.0 Å². The van der Waals surface area contributed by atoms with E-state index in [0.717, 1.165) is 65.0 Å². The molecule has 60 heavy (non-hydrogen) atoms. The van der Waals surface area contributed by atoms with Gasteiger partial charge >= 0.3 is 23.7 Å². The molecule has 0 radical (unpaired) electrons. The van der Waals surface area contributed by atoms with Gasteiger partial charge in [-0.1, -0.05) is 32.8 Å². The molecule has 320 valence electrons. The Kier molecular flexibility index (Phi) is 15.6. The first-order valence-electron chi connectivity index (χ1n) is 17.9. The number of aliphatic hydroxyl groups excluding tert-OH is 1. The van der Waals surface area contributed by atoms with Crippen LogP contribution in [0.4, 0.5) is 26.3 Å². The minimum Gasteiger partial charge on any atom is -0.384 e. The molecule has 0 aliphatic carbocycles. The lowest BCUT2D eigenvalue weighted by atomic mass is 10.0. The van der Waals surface area contributed by atoms with Crippen molar-refractivity contribution in [2.75, 3.05) is 0 Å². The molecule has 0 aromatic carbocycles. The van der Waals surface area contributed by atoms with Crippen molar-refractivity contribution in [3.05, 3.63) is 134 Å². The number of rotatable bonds is 9. The van der Waals surface area contributed by atoms with Gasteiger partial charge in [-0.2, -0.15) is 26.3 Å². The SMILES string of the molecule is CCCCn1c(=O)c2c(C(O)c3ccc(C(F)(F)F)nc3)c(Br)cnc2n(C)c1=O.CCCCn1c(=O)c2cc(Br)cnc2n(C)c1=O.O=Cc1ccc(C(F)(F)F)nc1. The number of pyridine rings is 4. The van der Waals surface area contributed by atoms with Gasteiger partial charge in [0.1, 0.15) is 28.8 Å². The van der Waals surface area contributed by atoms with Gasteiger partial charge in [0.05, 0.1) is 10.8 Å². The van der Waals surface area contributed by atoms with E-state index >= 15 is 0 Å². The number of carbonyl (C=O) groups is 1. The first-order valence-corrected chi connectivity index (χ1v) is 19.5. The Morgan fingerprint density at radius 1 is 0.717 bits per heavy atom. The number of aromatic nitrogens is 8. The summed E-state index contributed by atoms with van der Waals surface area (Å²) in [5.41, 5.74) is -3.05. The highest BCUT2D eigenvalue weighted by Gasteiger charge is 2.33. The van der Waals surface area contributed by atoms with Crippen molar-refractivity contribution in [3.63, 3.8) is 0 Å². The van der Waals surface area contributed by atoms with Gasteiger partial charge in [-0.3, -0.25) is 42.6 Å². The van der Waals surface area contributed by atoms with E-state index in [1.165, 1.54) is 26.9 Å². The third kappa shape index (κ3) is 10.7. The van der Waals surface area contributed by atoms with Crippen molar-refractivity contribution in [2.24, 2.45) is 14.1 Å². The maximum absolute atomic E-state index is 13.1. The van der Waals surface area contributed by atoms with Crippen molar-refractivity contribution in [3.8, 4) is 0 Å². The summed E-state index contributed by atoms with van der Waals surface area (Å²) in [6.45, 7) is 4.59. The molecule has 0 fully saturated rings. The third-order valence-corrected chi connectivity index (χ3v) is 9.90. The van der Waals surface area contributed by atoms with Crippen LogP contribution in [0, 0.1) is 0 Å². The summed E-state index contributed by atoms with van der Waals surface area (Å²) in [6, 6.07) is 5.39. The number of carbonyl (C=O) groups excluding carboxylic acids is 1. The van der Waals surface area contributed by atoms with Crippen LogP contribution >= 0.6 is 31.9 Å². The summed E-state index contributed by atoms with van der Waals surface area (Å²) in [4.78, 5) is 74.7. The number of fused-ring (bicyclic) bond motifs is 2. The van der Waals surface area contributed by atoms with Gasteiger partial charge in [0.2, 0.25) is 0 Å². The molecule has 6 aromatic rings. The molecule has 0 saturated heterocycles. The molecule has 0 amide bonds. The maximum Gasteiger partial charge on any atom is 0.433 e. The summed E-state index contributed by atoms with van der Waals surface area (Å²) < 4.78 is 79.9. The van der Waals surface area contributed by atoms with Gasteiger partial charge in [0.25, 0.3) is 11.1 Å². The van der Waals surface area contributed by atoms with E-state index in [4.69, 9.17) is 0 Å². The van der Waals surface area contributed by atoms with Gasteiger partial charge in [-0.05, 0) is 69.0 Å². The van der Waals surface area contributed by atoms with Gasteiger partial charge in [-0.15, -0.1) is 0 Å². The van der Waals surface area contributed by atoms with Crippen LogP contribution in [0.3, 0.4) is 0 Å². The normalized spacial score (nSPS) is 12.1. The third-order valence-electron chi connectivity index (χ3n) is 8.84. The van der Waals surface area contributed by atoms with Crippen LogP contribution in [0.5, 0.6) is 0 Å². The van der Waals surface area contributed by atoms with E-state index in [2.05, 4.69) is 51.8 Å².